The molecule has 126 valence electrons. The van der Waals surface area contributed by atoms with Gasteiger partial charge in [0.1, 0.15) is 11.4 Å². The summed E-state index contributed by atoms with van der Waals surface area (Å²) in [5.74, 6) is -1.35. The van der Waals surface area contributed by atoms with E-state index in [0.29, 0.717) is 25.9 Å². The van der Waals surface area contributed by atoms with E-state index in [2.05, 4.69) is 22.3 Å². The minimum Gasteiger partial charge on any atom is -0.480 e. The van der Waals surface area contributed by atoms with Crippen molar-refractivity contribution < 1.29 is 14.3 Å². The molecule has 0 bridgehead atoms. The van der Waals surface area contributed by atoms with Gasteiger partial charge >= 0.3 is 5.97 Å². The number of anilines is 1. The van der Waals surface area contributed by atoms with Crippen molar-refractivity contribution in [2.75, 3.05) is 18.4 Å². The maximum Gasteiger partial charge on any atom is 0.329 e. The fraction of sp³-hybridized carbons (Fsp3) is 0.316. The lowest BCUT2D eigenvalue weighted by atomic mass is 9.87. The van der Waals surface area contributed by atoms with Gasteiger partial charge in [0.25, 0.3) is 0 Å². The van der Waals surface area contributed by atoms with Crippen molar-refractivity contribution in [1.82, 2.24) is 4.90 Å². The lowest BCUT2D eigenvalue weighted by Crippen LogP contribution is -2.54. The Labute approximate surface area is 140 Å². The smallest absolute Gasteiger partial charge is 0.329 e. The van der Waals surface area contributed by atoms with E-state index in [-0.39, 0.29) is 5.69 Å². The Hall–Kier alpha value is -2.40. The molecule has 4 nitrogen and oxygen atoms in total. The van der Waals surface area contributed by atoms with E-state index >= 15 is 0 Å². The molecule has 3 rings (SSSR count). The zero-order valence-electron chi connectivity index (χ0n) is 13.4. The number of carboxylic acids is 1. The number of carbonyl (C=O) groups is 1. The summed E-state index contributed by atoms with van der Waals surface area (Å²) in [6.07, 6.45) is 0.868. The standard InChI is InChI=1S/C19H21FN2O2/c20-16-8-4-5-9-17(16)21-19(18(23)24)10-12-22(13-11-19)14-15-6-2-1-3-7-15/h1-9,21H,10-14H2,(H,23,24). The van der Waals surface area contributed by atoms with E-state index in [9.17, 15) is 14.3 Å². The summed E-state index contributed by atoms with van der Waals surface area (Å²) in [4.78, 5) is 14.1. The number of carboxylic acid groups (broad SMARTS) is 1. The topological polar surface area (TPSA) is 52.6 Å². The Bertz CT molecular complexity index is 698. The predicted molar refractivity (Wildman–Crippen MR) is 91.3 cm³/mol. The molecule has 2 aromatic rings. The monoisotopic (exact) mass is 328 g/mol. The van der Waals surface area contributed by atoms with Crippen LogP contribution < -0.4 is 5.32 Å². The number of halogens is 1. The van der Waals surface area contributed by atoms with Crippen LogP contribution in [0.25, 0.3) is 0 Å². The Morgan fingerprint density at radius 1 is 1.08 bits per heavy atom. The summed E-state index contributed by atoms with van der Waals surface area (Å²) in [6.45, 7) is 2.11. The maximum absolute atomic E-state index is 13.9. The van der Waals surface area contributed by atoms with Crippen molar-refractivity contribution in [2.45, 2.75) is 24.9 Å². The van der Waals surface area contributed by atoms with Gasteiger partial charge in [0, 0.05) is 19.6 Å². The summed E-state index contributed by atoms with van der Waals surface area (Å²) in [5, 5.41) is 12.7. The molecular formula is C19H21FN2O2. The van der Waals surface area contributed by atoms with Crippen LogP contribution in [0.2, 0.25) is 0 Å². The van der Waals surface area contributed by atoms with Gasteiger partial charge < -0.3 is 10.4 Å². The lowest BCUT2D eigenvalue weighted by molar-refractivity contribution is -0.144. The van der Waals surface area contributed by atoms with E-state index in [4.69, 9.17) is 0 Å². The van der Waals surface area contributed by atoms with Gasteiger partial charge in [0.15, 0.2) is 0 Å². The summed E-state index contributed by atoms with van der Waals surface area (Å²) in [6, 6.07) is 16.3. The molecule has 0 aliphatic carbocycles. The Morgan fingerprint density at radius 3 is 2.33 bits per heavy atom. The normalized spacial score (nSPS) is 17.4. The number of rotatable bonds is 5. The van der Waals surface area contributed by atoms with Crippen molar-refractivity contribution in [3.63, 3.8) is 0 Å². The molecule has 0 spiro atoms. The molecule has 0 atom stereocenters. The molecule has 1 saturated heterocycles. The first-order valence-corrected chi connectivity index (χ1v) is 8.11. The zero-order valence-corrected chi connectivity index (χ0v) is 13.4. The minimum atomic E-state index is -1.12. The van der Waals surface area contributed by atoms with Crippen molar-refractivity contribution in [1.29, 1.82) is 0 Å². The third kappa shape index (κ3) is 3.57. The molecule has 0 saturated carbocycles. The van der Waals surface area contributed by atoms with Crippen LogP contribution in [0.3, 0.4) is 0 Å². The molecule has 2 N–H and O–H groups in total. The Balaban J connectivity index is 1.68. The number of aliphatic carboxylic acids is 1. The molecule has 1 heterocycles. The van der Waals surface area contributed by atoms with Gasteiger partial charge in [-0.1, -0.05) is 42.5 Å². The van der Waals surface area contributed by atoms with E-state index in [1.807, 2.05) is 18.2 Å². The molecular weight excluding hydrogens is 307 g/mol. The van der Waals surface area contributed by atoms with Crippen LogP contribution in [-0.2, 0) is 11.3 Å². The number of likely N-dealkylation sites (tertiary alicyclic amines) is 1. The van der Waals surface area contributed by atoms with Crippen LogP contribution in [0.15, 0.2) is 54.6 Å². The summed E-state index contributed by atoms with van der Waals surface area (Å²) >= 11 is 0. The molecule has 1 aliphatic heterocycles. The third-order valence-electron chi connectivity index (χ3n) is 4.62. The number of para-hydroxylation sites is 1. The van der Waals surface area contributed by atoms with Crippen LogP contribution in [0.5, 0.6) is 0 Å². The second-order valence-corrected chi connectivity index (χ2v) is 6.25. The first-order valence-electron chi connectivity index (χ1n) is 8.11. The van der Waals surface area contributed by atoms with Crippen molar-refractivity contribution >= 4 is 11.7 Å². The number of hydrogen-bond acceptors (Lipinski definition) is 3. The van der Waals surface area contributed by atoms with E-state index in [1.165, 1.54) is 11.6 Å². The fourth-order valence-corrected chi connectivity index (χ4v) is 3.15. The molecule has 0 amide bonds. The highest BCUT2D eigenvalue weighted by molar-refractivity contribution is 5.83. The summed E-state index contributed by atoms with van der Waals surface area (Å²) in [7, 11) is 0. The number of nitrogens with one attached hydrogen (secondary N) is 1. The maximum atomic E-state index is 13.9. The first-order chi connectivity index (χ1) is 11.6. The second-order valence-electron chi connectivity index (χ2n) is 6.25. The molecule has 2 aromatic carbocycles. The Morgan fingerprint density at radius 2 is 1.71 bits per heavy atom. The van der Waals surface area contributed by atoms with Gasteiger partial charge in [-0.15, -0.1) is 0 Å². The van der Waals surface area contributed by atoms with Crippen LogP contribution in [0, 0.1) is 5.82 Å². The van der Waals surface area contributed by atoms with Crippen LogP contribution in [0.4, 0.5) is 10.1 Å². The average molecular weight is 328 g/mol. The zero-order chi connectivity index (χ0) is 17.0. The van der Waals surface area contributed by atoms with Gasteiger partial charge in [-0.05, 0) is 30.5 Å². The SMILES string of the molecule is O=C(O)C1(Nc2ccccc2F)CCN(Cc2ccccc2)CC1. The highest BCUT2D eigenvalue weighted by atomic mass is 19.1. The molecule has 1 fully saturated rings. The van der Waals surface area contributed by atoms with E-state index in [1.54, 1.807) is 18.2 Å². The summed E-state index contributed by atoms with van der Waals surface area (Å²) in [5.41, 5.74) is 0.342. The van der Waals surface area contributed by atoms with E-state index in [0.717, 1.165) is 6.54 Å². The van der Waals surface area contributed by atoms with Gasteiger partial charge in [-0.25, -0.2) is 9.18 Å². The van der Waals surface area contributed by atoms with Crippen molar-refractivity contribution in [3.05, 3.63) is 66.0 Å². The molecule has 24 heavy (non-hydrogen) atoms. The number of hydrogen-bond donors (Lipinski definition) is 2. The molecule has 0 aromatic heterocycles. The predicted octanol–water partition coefficient (Wildman–Crippen LogP) is 3.36. The van der Waals surface area contributed by atoms with E-state index < -0.39 is 17.3 Å². The fourth-order valence-electron chi connectivity index (χ4n) is 3.15. The highest BCUT2D eigenvalue weighted by Crippen LogP contribution is 2.29. The van der Waals surface area contributed by atoms with Gasteiger partial charge in [-0.2, -0.15) is 0 Å². The first kappa shape index (κ1) is 16.5. The van der Waals surface area contributed by atoms with Crippen molar-refractivity contribution in [2.24, 2.45) is 0 Å². The van der Waals surface area contributed by atoms with Crippen molar-refractivity contribution in [3.8, 4) is 0 Å². The van der Waals surface area contributed by atoms with Crippen LogP contribution >= 0.6 is 0 Å². The second kappa shape index (κ2) is 7.01. The quantitative estimate of drug-likeness (QED) is 0.884. The van der Waals surface area contributed by atoms with Gasteiger partial charge in [0.2, 0.25) is 0 Å². The lowest BCUT2D eigenvalue weighted by Gasteiger charge is -2.40. The molecule has 5 heteroatoms. The van der Waals surface area contributed by atoms with Gasteiger partial charge in [0.05, 0.1) is 5.69 Å². The Kier molecular flexibility index (Phi) is 4.81. The largest absolute Gasteiger partial charge is 0.480 e. The average Bonchev–Trinajstić information content (AvgIpc) is 2.59. The number of nitrogens with zero attached hydrogens (tertiary/aromatic N) is 1. The minimum absolute atomic E-state index is 0.247. The van der Waals surface area contributed by atoms with Crippen LogP contribution in [-0.4, -0.2) is 34.6 Å². The molecule has 0 radical (unpaired) electrons. The molecule has 1 aliphatic rings. The number of benzene rings is 2. The summed E-state index contributed by atoms with van der Waals surface area (Å²) < 4.78 is 13.9. The third-order valence-corrected chi connectivity index (χ3v) is 4.62. The highest BCUT2D eigenvalue weighted by Gasteiger charge is 2.41. The number of piperidine rings is 1. The van der Waals surface area contributed by atoms with Crippen LogP contribution in [0.1, 0.15) is 18.4 Å². The molecule has 0 unspecified atom stereocenters. The van der Waals surface area contributed by atoms with Gasteiger partial charge in [-0.3, -0.25) is 4.90 Å².